The van der Waals surface area contributed by atoms with Crippen molar-refractivity contribution in [1.29, 1.82) is 5.26 Å². The lowest BCUT2D eigenvalue weighted by molar-refractivity contribution is 0.0288. The summed E-state index contributed by atoms with van der Waals surface area (Å²) in [5, 5.41) is 9.28. The Kier molecular flexibility index (Phi) is 5.04. The van der Waals surface area contributed by atoms with Gasteiger partial charge >= 0.3 is 6.09 Å². The van der Waals surface area contributed by atoms with Crippen LogP contribution in [0.15, 0.2) is 36.5 Å². The Morgan fingerprint density at radius 1 is 1.37 bits per heavy atom. The zero-order valence-corrected chi connectivity index (χ0v) is 16.0. The Balaban J connectivity index is 1.93. The van der Waals surface area contributed by atoms with E-state index in [1.165, 1.54) is 0 Å². The van der Waals surface area contributed by atoms with Gasteiger partial charge in [-0.3, -0.25) is 4.98 Å². The molecule has 1 amide bonds. The van der Waals surface area contributed by atoms with E-state index in [9.17, 15) is 10.1 Å². The van der Waals surface area contributed by atoms with Crippen LogP contribution in [0.4, 0.5) is 4.79 Å². The van der Waals surface area contributed by atoms with Crippen LogP contribution in [-0.2, 0) is 11.2 Å². The molecule has 6 heteroatoms. The topological polar surface area (TPSA) is 75.5 Å². The fourth-order valence-electron chi connectivity index (χ4n) is 3.07. The van der Waals surface area contributed by atoms with Gasteiger partial charge in [-0.2, -0.15) is 5.26 Å². The van der Waals surface area contributed by atoms with Crippen molar-refractivity contribution in [2.75, 3.05) is 13.6 Å². The highest BCUT2D eigenvalue weighted by atomic mass is 16.6. The Labute approximate surface area is 159 Å². The number of fused-ring (bicyclic) bond motifs is 2. The van der Waals surface area contributed by atoms with Crippen LogP contribution in [-0.4, -0.2) is 35.2 Å². The molecule has 0 aliphatic carbocycles. The lowest BCUT2D eigenvalue weighted by atomic mass is 9.92. The van der Waals surface area contributed by atoms with Crippen molar-refractivity contribution in [3.63, 3.8) is 0 Å². The highest BCUT2D eigenvalue weighted by Crippen LogP contribution is 2.39. The highest BCUT2D eigenvalue weighted by Gasteiger charge is 2.28. The minimum absolute atomic E-state index is 0.0676. The van der Waals surface area contributed by atoms with E-state index in [1.54, 1.807) is 30.3 Å². The van der Waals surface area contributed by atoms with E-state index in [-0.39, 0.29) is 12.0 Å². The van der Waals surface area contributed by atoms with Gasteiger partial charge in [-0.1, -0.05) is 0 Å². The summed E-state index contributed by atoms with van der Waals surface area (Å²) < 4.78 is 11.5. The van der Waals surface area contributed by atoms with Crippen molar-refractivity contribution in [2.45, 2.75) is 38.7 Å². The standard InChI is InChI=1S/C21H23N3O3/c1-21(2,3)27-20(25)24(4)13-15-11-17-19(6-5-9-23-17)26-18-8-7-14(12-22)10-16(15)18/h5-10,15H,11,13H2,1-4H3. The predicted octanol–water partition coefficient (Wildman–Crippen LogP) is 4.25. The quantitative estimate of drug-likeness (QED) is 0.795. The van der Waals surface area contributed by atoms with Gasteiger partial charge < -0.3 is 14.4 Å². The van der Waals surface area contributed by atoms with Crippen LogP contribution in [0.1, 0.15) is 43.5 Å². The van der Waals surface area contributed by atoms with Gasteiger partial charge in [0, 0.05) is 37.7 Å². The molecule has 0 saturated heterocycles. The summed E-state index contributed by atoms with van der Waals surface area (Å²) in [6.07, 6.45) is 1.95. The van der Waals surface area contributed by atoms with Crippen molar-refractivity contribution in [1.82, 2.24) is 9.88 Å². The number of benzene rings is 1. The number of aromatic nitrogens is 1. The zero-order chi connectivity index (χ0) is 19.6. The Morgan fingerprint density at radius 3 is 2.85 bits per heavy atom. The molecule has 140 valence electrons. The second-order valence-corrected chi connectivity index (χ2v) is 7.68. The summed E-state index contributed by atoms with van der Waals surface area (Å²) >= 11 is 0. The molecule has 0 spiro atoms. The zero-order valence-electron chi connectivity index (χ0n) is 16.0. The van der Waals surface area contributed by atoms with Crippen LogP contribution in [0.25, 0.3) is 0 Å². The molecule has 0 radical (unpaired) electrons. The number of hydrogen-bond donors (Lipinski definition) is 0. The van der Waals surface area contributed by atoms with Crippen molar-refractivity contribution in [3.8, 4) is 17.6 Å². The summed E-state index contributed by atoms with van der Waals surface area (Å²) in [5.74, 6) is 1.32. The number of nitriles is 1. The molecule has 1 aromatic carbocycles. The molecule has 0 N–H and O–H groups in total. The third kappa shape index (κ3) is 4.37. The van der Waals surface area contributed by atoms with Gasteiger partial charge in [0.1, 0.15) is 17.1 Å². The molecule has 1 aromatic heterocycles. The summed E-state index contributed by atoms with van der Waals surface area (Å²) in [5.41, 5.74) is 1.72. The summed E-state index contributed by atoms with van der Waals surface area (Å²) in [4.78, 5) is 18.4. The molecular weight excluding hydrogens is 342 g/mol. The second kappa shape index (κ2) is 7.28. The molecule has 0 fully saturated rings. The van der Waals surface area contributed by atoms with Crippen molar-refractivity contribution >= 4 is 6.09 Å². The molecule has 3 rings (SSSR count). The highest BCUT2D eigenvalue weighted by molar-refractivity contribution is 5.68. The van der Waals surface area contributed by atoms with E-state index in [2.05, 4.69) is 11.1 Å². The SMILES string of the molecule is CN(CC1Cc2ncccc2Oc2ccc(C#N)cc21)C(=O)OC(C)(C)C. The number of carbonyl (C=O) groups is 1. The largest absolute Gasteiger partial charge is 0.455 e. The molecule has 0 saturated carbocycles. The number of rotatable bonds is 2. The van der Waals surface area contributed by atoms with Crippen LogP contribution in [0.3, 0.4) is 0 Å². The van der Waals surface area contributed by atoms with E-state index in [4.69, 9.17) is 9.47 Å². The summed E-state index contributed by atoms with van der Waals surface area (Å²) in [7, 11) is 1.72. The minimum Gasteiger partial charge on any atom is -0.455 e. The number of pyridine rings is 1. The first-order valence-corrected chi connectivity index (χ1v) is 8.87. The molecule has 1 aliphatic rings. The van der Waals surface area contributed by atoms with Crippen LogP contribution < -0.4 is 4.74 Å². The minimum atomic E-state index is -0.558. The Hall–Kier alpha value is -3.07. The lowest BCUT2D eigenvalue weighted by Crippen LogP contribution is -2.36. The number of amides is 1. The maximum absolute atomic E-state index is 12.4. The third-order valence-corrected chi connectivity index (χ3v) is 4.29. The number of likely N-dealkylation sites (N-methyl/N-ethyl adjacent to an activating group) is 1. The molecule has 6 nitrogen and oxygen atoms in total. The fourth-order valence-corrected chi connectivity index (χ4v) is 3.07. The van der Waals surface area contributed by atoms with Crippen molar-refractivity contribution < 1.29 is 14.3 Å². The Bertz CT molecular complexity index is 896. The van der Waals surface area contributed by atoms with Gasteiger partial charge in [0.25, 0.3) is 0 Å². The Morgan fingerprint density at radius 2 is 2.15 bits per heavy atom. The number of carbonyl (C=O) groups excluding carboxylic acids is 1. The average molecular weight is 365 g/mol. The maximum Gasteiger partial charge on any atom is 0.410 e. The first-order valence-electron chi connectivity index (χ1n) is 8.87. The van der Waals surface area contributed by atoms with Gasteiger partial charge in [-0.25, -0.2) is 4.79 Å². The van der Waals surface area contributed by atoms with E-state index >= 15 is 0 Å². The number of hydrogen-bond acceptors (Lipinski definition) is 5. The molecule has 2 aromatic rings. The van der Waals surface area contributed by atoms with Gasteiger partial charge in [0.15, 0.2) is 0 Å². The second-order valence-electron chi connectivity index (χ2n) is 7.68. The van der Waals surface area contributed by atoms with Crippen molar-refractivity contribution in [3.05, 3.63) is 53.3 Å². The monoisotopic (exact) mass is 365 g/mol. The smallest absolute Gasteiger partial charge is 0.410 e. The van der Waals surface area contributed by atoms with Gasteiger partial charge in [0.2, 0.25) is 0 Å². The van der Waals surface area contributed by atoms with Crippen molar-refractivity contribution in [2.24, 2.45) is 0 Å². The summed E-state index contributed by atoms with van der Waals surface area (Å²) in [6.45, 7) is 5.95. The van der Waals surface area contributed by atoms with E-state index in [0.717, 1.165) is 11.3 Å². The van der Waals surface area contributed by atoms with Gasteiger partial charge in [-0.15, -0.1) is 0 Å². The first kappa shape index (κ1) is 18.7. The van der Waals surface area contributed by atoms with Gasteiger partial charge in [0.05, 0.1) is 17.3 Å². The molecular formula is C21H23N3O3. The average Bonchev–Trinajstić information content (AvgIpc) is 2.76. The van der Waals surface area contributed by atoms with Crippen LogP contribution >= 0.6 is 0 Å². The number of nitrogens with zero attached hydrogens (tertiary/aromatic N) is 3. The van der Waals surface area contributed by atoms with Crippen LogP contribution in [0, 0.1) is 11.3 Å². The first-order chi connectivity index (χ1) is 12.8. The van der Waals surface area contributed by atoms with Crippen LogP contribution in [0.5, 0.6) is 11.5 Å². The van der Waals surface area contributed by atoms with Crippen LogP contribution in [0.2, 0.25) is 0 Å². The maximum atomic E-state index is 12.4. The van der Waals surface area contributed by atoms with E-state index in [0.29, 0.717) is 30.0 Å². The molecule has 1 unspecified atom stereocenters. The molecule has 2 heterocycles. The third-order valence-electron chi connectivity index (χ3n) is 4.29. The molecule has 27 heavy (non-hydrogen) atoms. The lowest BCUT2D eigenvalue weighted by Gasteiger charge is -2.27. The molecule has 1 aliphatic heterocycles. The predicted molar refractivity (Wildman–Crippen MR) is 101 cm³/mol. The van der Waals surface area contributed by atoms with E-state index < -0.39 is 5.60 Å². The van der Waals surface area contributed by atoms with Gasteiger partial charge in [-0.05, 0) is 51.1 Å². The van der Waals surface area contributed by atoms with E-state index in [1.807, 2.05) is 39.0 Å². The number of ether oxygens (including phenoxy) is 2. The summed E-state index contributed by atoms with van der Waals surface area (Å²) in [6, 6.07) is 11.2. The molecule has 0 bridgehead atoms. The fraction of sp³-hybridized carbons (Fsp3) is 0.381. The molecule has 1 atom stereocenters. The normalized spacial score (nSPS) is 15.4.